The first-order valence-corrected chi connectivity index (χ1v) is 6.58. The summed E-state index contributed by atoms with van der Waals surface area (Å²) in [5.41, 5.74) is 1.23. The van der Waals surface area contributed by atoms with Crippen LogP contribution in [0, 0.1) is 0 Å². The van der Waals surface area contributed by atoms with Crippen molar-refractivity contribution < 1.29 is 4.74 Å². The molecular weight excluding hydrogens is 212 g/mol. The Kier molecular flexibility index (Phi) is 6.63. The van der Waals surface area contributed by atoms with Crippen LogP contribution in [-0.4, -0.2) is 17.6 Å². The van der Waals surface area contributed by atoms with E-state index in [-0.39, 0.29) is 6.10 Å². The van der Waals surface area contributed by atoms with Crippen molar-refractivity contribution in [1.29, 1.82) is 0 Å². The van der Waals surface area contributed by atoms with Crippen LogP contribution < -0.4 is 10.1 Å². The first kappa shape index (κ1) is 14.0. The smallest absolute Gasteiger partial charge is 0.213 e. The summed E-state index contributed by atoms with van der Waals surface area (Å²) in [5.74, 6) is 0.738. The van der Waals surface area contributed by atoms with E-state index in [0.717, 1.165) is 38.2 Å². The Bertz CT molecular complexity index is 315. The zero-order valence-corrected chi connectivity index (χ0v) is 11.2. The largest absolute Gasteiger partial charge is 0.475 e. The summed E-state index contributed by atoms with van der Waals surface area (Å²) in [7, 11) is 0. The first-order chi connectivity index (χ1) is 8.26. The predicted octanol–water partition coefficient (Wildman–Crippen LogP) is 3.15. The van der Waals surface area contributed by atoms with Crippen LogP contribution in [-0.2, 0) is 6.54 Å². The summed E-state index contributed by atoms with van der Waals surface area (Å²) in [4.78, 5) is 4.24. The fraction of sp³-hybridized carbons (Fsp3) is 0.643. The van der Waals surface area contributed by atoms with E-state index in [9.17, 15) is 0 Å². The second kappa shape index (κ2) is 8.07. The maximum absolute atomic E-state index is 5.76. The van der Waals surface area contributed by atoms with Gasteiger partial charge in [-0.15, -0.1) is 0 Å². The van der Waals surface area contributed by atoms with E-state index < -0.39 is 0 Å². The molecule has 1 atom stereocenters. The minimum absolute atomic E-state index is 0.242. The van der Waals surface area contributed by atoms with Gasteiger partial charge in [0.15, 0.2) is 0 Å². The molecule has 1 unspecified atom stereocenters. The van der Waals surface area contributed by atoms with Gasteiger partial charge in [-0.3, -0.25) is 0 Å². The van der Waals surface area contributed by atoms with Crippen LogP contribution in [0.25, 0.3) is 0 Å². The quantitative estimate of drug-likeness (QED) is 0.704. The van der Waals surface area contributed by atoms with E-state index in [0.29, 0.717) is 0 Å². The number of hydrogen-bond acceptors (Lipinski definition) is 3. The fourth-order valence-electron chi connectivity index (χ4n) is 1.71. The summed E-state index contributed by atoms with van der Waals surface area (Å²) >= 11 is 0. The lowest BCUT2D eigenvalue weighted by molar-refractivity contribution is 0.201. The van der Waals surface area contributed by atoms with Gasteiger partial charge in [0, 0.05) is 18.8 Å². The predicted molar refractivity (Wildman–Crippen MR) is 71.2 cm³/mol. The number of pyridine rings is 1. The average molecular weight is 236 g/mol. The van der Waals surface area contributed by atoms with Crippen molar-refractivity contribution in [3.8, 4) is 5.88 Å². The van der Waals surface area contributed by atoms with Crippen molar-refractivity contribution in [1.82, 2.24) is 10.3 Å². The normalized spacial score (nSPS) is 12.4. The molecule has 1 rings (SSSR count). The van der Waals surface area contributed by atoms with Gasteiger partial charge in [-0.05, 0) is 37.9 Å². The summed E-state index contributed by atoms with van der Waals surface area (Å²) in [5, 5.41) is 3.37. The van der Waals surface area contributed by atoms with Gasteiger partial charge in [0.2, 0.25) is 5.88 Å². The number of ether oxygens (including phenoxy) is 1. The second-order valence-corrected chi connectivity index (χ2v) is 4.40. The number of rotatable bonds is 8. The molecule has 0 aliphatic carbocycles. The van der Waals surface area contributed by atoms with Crippen LogP contribution in [0.2, 0.25) is 0 Å². The van der Waals surface area contributed by atoms with Crippen molar-refractivity contribution in [3.05, 3.63) is 23.9 Å². The van der Waals surface area contributed by atoms with E-state index in [1.165, 1.54) is 5.56 Å². The van der Waals surface area contributed by atoms with Crippen molar-refractivity contribution in [2.24, 2.45) is 0 Å². The standard InChI is InChI=1S/C14H24N2O/c1-4-6-12(3)17-14-10-13(7-9-16-14)11-15-8-5-2/h7,9-10,12,15H,4-6,8,11H2,1-3H3. The highest BCUT2D eigenvalue weighted by Gasteiger charge is 2.04. The molecular formula is C14H24N2O. The molecule has 1 aromatic rings. The van der Waals surface area contributed by atoms with Crippen LogP contribution in [0.4, 0.5) is 0 Å². The molecule has 0 saturated carbocycles. The zero-order valence-electron chi connectivity index (χ0n) is 11.2. The fourth-order valence-corrected chi connectivity index (χ4v) is 1.71. The van der Waals surface area contributed by atoms with E-state index in [4.69, 9.17) is 4.74 Å². The number of hydrogen-bond donors (Lipinski definition) is 1. The molecule has 0 bridgehead atoms. The van der Waals surface area contributed by atoms with Gasteiger partial charge in [0.25, 0.3) is 0 Å². The van der Waals surface area contributed by atoms with Gasteiger partial charge >= 0.3 is 0 Å². The Morgan fingerprint density at radius 3 is 2.88 bits per heavy atom. The van der Waals surface area contributed by atoms with E-state index in [1.807, 2.05) is 18.3 Å². The highest BCUT2D eigenvalue weighted by atomic mass is 16.5. The Morgan fingerprint density at radius 1 is 1.35 bits per heavy atom. The molecule has 0 aromatic carbocycles. The average Bonchev–Trinajstić information content (AvgIpc) is 2.30. The third-order valence-corrected chi connectivity index (χ3v) is 2.57. The van der Waals surface area contributed by atoms with E-state index >= 15 is 0 Å². The molecule has 1 N–H and O–H groups in total. The van der Waals surface area contributed by atoms with Gasteiger partial charge < -0.3 is 10.1 Å². The minimum atomic E-state index is 0.242. The second-order valence-electron chi connectivity index (χ2n) is 4.40. The molecule has 0 amide bonds. The molecule has 1 heterocycles. The third kappa shape index (κ3) is 5.68. The maximum atomic E-state index is 5.76. The molecule has 0 fully saturated rings. The maximum Gasteiger partial charge on any atom is 0.213 e. The molecule has 0 aliphatic rings. The molecule has 0 radical (unpaired) electrons. The highest BCUT2D eigenvalue weighted by Crippen LogP contribution is 2.13. The van der Waals surface area contributed by atoms with Crippen molar-refractivity contribution in [3.63, 3.8) is 0 Å². The minimum Gasteiger partial charge on any atom is -0.475 e. The van der Waals surface area contributed by atoms with Gasteiger partial charge in [-0.2, -0.15) is 0 Å². The number of aromatic nitrogens is 1. The lowest BCUT2D eigenvalue weighted by Crippen LogP contribution is -2.15. The molecule has 96 valence electrons. The Labute approximate surface area is 105 Å². The van der Waals surface area contributed by atoms with Crippen molar-refractivity contribution in [2.45, 2.75) is 52.7 Å². The summed E-state index contributed by atoms with van der Waals surface area (Å²) in [6, 6.07) is 4.05. The first-order valence-electron chi connectivity index (χ1n) is 6.58. The van der Waals surface area contributed by atoms with E-state index in [1.54, 1.807) is 0 Å². The Balaban J connectivity index is 2.47. The Hall–Kier alpha value is -1.09. The zero-order chi connectivity index (χ0) is 12.5. The molecule has 17 heavy (non-hydrogen) atoms. The molecule has 0 spiro atoms. The van der Waals surface area contributed by atoms with Crippen molar-refractivity contribution in [2.75, 3.05) is 6.54 Å². The molecule has 0 aliphatic heterocycles. The lowest BCUT2D eigenvalue weighted by Gasteiger charge is -2.13. The Morgan fingerprint density at radius 2 is 2.18 bits per heavy atom. The third-order valence-electron chi connectivity index (χ3n) is 2.57. The SMILES string of the molecule is CCCNCc1ccnc(OC(C)CCC)c1. The van der Waals surface area contributed by atoms with Crippen LogP contribution in [0.3, 0.4) is 0 Å². The molecule has 3 nitrogen and oxygen atoms in total. The molecule has 0 saturated heterocycles. The number of nitrogens with zero attached hydrogens (tertiary/aromatic N) is 1. The van der Waals surface area contributed by atoms with Gasteiger partial charge in [-0.1, -0.05) is 20.3 Å². The van der Waals surface area contributed by atoms with Gasteiger partial charge in [0.1, 0.15) is 0 Å². The summed E-state index contributed by atoms with van der Waals surface area (Å²) < 4.78 is 5.76. The highest BCUT2D eigenvalue weighted by molar-refractivity contribution is 5.20. The topological polar surface area (TPSA) is 34.2 Å². The lowest BCUT2D eigenvalue weighted by atomic mass is 10.2. The molecule has 3 heteroatoms. The van der Waals surface area contributed by atoms with Gasteiger partial charge in [-0.25, -0.2) is 4.98 Å². The van der Waals surface area contributed by atoms with Crippen LogP contribution in [0.15, 0.2) is 18.3 Å². The summed E-state index contributed by atoms with van der Waals surface area (Å²) in [6.45, 7) is 8.35. The van der Waals surface area contributed by atoms with Crippen molar-refractivity contribution >= 4 is 0 Å². The van der Waals surface area contributed by atoms with Gasteiger partial charge in [0.05, 0.1) is 6.10 Å². The van der Waals surface area contributed by atoms with Crippen LogP contribution in [0.1, 0.15) is 45.6 Å². The monoisotopic (exact) mass is 236 g/mol. The van der Waals surface area contributed by atoms with E-state index in [2.05, 4.69) is 31.1 Å². The molecule has 1 aromatic heterocycles. The summed E-state index contributed by atoms with van der Waals surface area (Å²) in [6.07, 6.45) is 5.42. The number of nitrogens with one attached hydrogen (secondary N) is 1. The van der Waals surface area contributed by atoms with Crippen LogP contribution >= 0.6 is 0 Å². The van der Waals surface area contributed by atoms with Crippen LogP contribution in [0.5, 0.6) is 5.88 Å².